The van der Waals surface area contributed by atoms with E-state index in [1.165, 1.54) is 17.7 Å². The van der Waals surface area contributed by atoms with Crippen LogP contribution in [0.15, 0.2) is 94.0 Å². The number of nitrogens with one attached hydrogen (secondary N) is 2. The summed E-state index contributed by atoms with van der Waals surface area (Å²) in [5.41, 5.74) is 2.92. The number of thiazole rings is 1. The first-order valence-electron chi connectivity index (χ1n) is 22.0. The van der Waals surface area contributed by atoms with Gasteiger partial charge in [-0.3, -0.25) is 10.1 Å². The van der Waals surface area contributed by atoms with Gasteiger partial charge in [0.15, 0.2) is 11.7 Å². The van der Waals surface area contributed by atoms with Crippen molar-refractivity contribution in [2.75, 3.05) is 0 Å². The fourth-order valence-electron chi connectivity index (χ4n) is 4.14. The molecule has 0 aliphatic carbocycles. The van der Waals surface area contributed by atoms with Gasteiger partial charge in [0, 0.05) is 77.3 Å². The zero-order valence-electron chi connectivity index (χ0n) is 41.6. The van der Waals surface area contributed by atoms with Gasteiger partial charge in [-0.25, -0.2) is 24.9 Å². The Morgan fingerprint density at radius 3 is 1.44 bits per heavy atom. The van der Waals surface area contributed by atoms with E-state index in [4.69, 9.17) is 8.83 Å². The topological polar surface area (TPSA) is 238 Å². The van der Waals surface area contributed by atoms with Crippen molar-refractivity contribution >= 4 is 22.7 Å². The molecule has 20 heteroatoms. The number of rotatable bonds is 8. The molecule has 66 heavy (non-hydrogen) atoms. The maximum atomic E-state index is 4.98. The minimum atomic E-state index is 0.345. The van der Waals surface area contributed by atoms with Crippen LogP contribution in [0.4, 0.5) is 0 Å². The summed E-state index contributed by atoms with van der Waals surface area (Å²) in [6, 6.07) is 7.82. The molecule has 0 saturated heterocycles. The Bertz CT molecular complexity index is 1820. The second-order valence-electron chi connectivity index (χ2n) is 16.5. The van der Waals surface area contributed by atoms with E-state index in [0.717, 1.165) is 34.1 Å². The Kier molecular flexibility index (Phi) is 30.2. The molecule has 8 heterocycles. The van der Waals surface area contributed by atoms with Crippen LogP contribution >= 0.6 is 22.7 Å². The molecule has 8 aromatic rings. The lowest BCUT2D eigenvalue weighted by Crippen LogP contribution is -1.93. The smallest absolute Gasteiger partial charge is 0.218 e. The summed E-state index contributed by atoms with van der Waals surface area (Å²) in [6.45, 7) is 33.3. The van der Waals surface area contributed by atoms with Crippen LogP contribution in [0.2, 0.25) is 0 Å². The van der Waals surface area contributed by atoms with E-state index in [-0.39, 0.29) is 0 Å². The highest BCUT2D eigenvalue weighted by Gasteiger charge is 2.04. The van der Waals surface area contributed by atoms with Crippen molar-refractivity contribution in [1.29, 1.82) is 0 Å². The monoisotopic (exact) mass is 945 g/mol. The summed E-state index contributed by atoms with van der Waals surface area (Å²) in [7, 11) is 0. The third-order valence-corrected chi connectivity index (χ3v) is 9.94. The van der Waals surface area contributed by atoms with Gasteiger partial charge in [-0.05, 0) is 24.1 Å². The number of oxazole rings is 1. The third kappa shape index (κ3) is 26.7. The highest BCUT2D eigenvalue weighted by Crippen LogP contribution is 2.16. The van der Waals surface area contributed by atoms with Gasteiger partial charge >= 0.3 is 0 Å². The fraction of sp³-hybridized carbons (Fsp3) is 0.522. The highest BCUT2D eigenvalue weighted by molar-refractivity contribution is 7.09. The van der Waals surface area contributed by atoms with E-state index in [0.29, 0.717) is 53.2 Å². The molecule has 0 amide bonds. The van der Waals surface area contributed by atoms with Crippen molar-refractivity contribution in [2.24, 2.45) is 0 Å². The molecule has 8 rings (SSSR count). The van der Waals surface area contributed by atoms with Gasteiger partial charge in [-0.15, -0.1) is 53.3 Å². The van der Waals surface area contributed by atoms with Gasteiger partial charge in [-0.1, -0.05) is 122 Å². The molecule has 0 aromatic carbocycles. The molecule has 360 valence electrons. The molecule has 0 atom stereocenters. The van der Waals surface area contributed by atoms with E-state index in [1.54, 1.807) is 53.0 Å². The molecule has 8 aromatic heterocycles. The van der Waals surface area contributed by atoms with E-state index in [9.17, 15) is 0 Å². The predicted molar refractivity (Wildman–Crippen MR) is 262 cm³/mol. The summed E-state index contributed by atoms with van der Waals surface area (Å²) in [4.78, 5) is 24.3. The molecule has 0 bridgehead atoms. The molecular formula is C46H72N16O2S2. The highest BCUT2D eigenvalue weighted by atomic mass is 32.1. The first-order chi connectivity index (χ1) is 31.4. The number of aromatic nitrogens is 16. The number of nitrogens with zero attached hydrogens (tertiary/aromatic N) is 14. The lowest BCUT2D eigenvalue weighted by molar-refractivity contribution is 0.470. The Morgan fingerprint density at radius 2 is 1.17 bits per heavy atom. The summed E-state index contributed by atoms with van der Waals surface area (Å²) in [5.74, 6) is 7.83. The van der Waals surface area contributed by atoms with Crippen LogP contribution in [0, 0.1) is 0 Å². The Morgan fingerprint density at radius 1 is 0.500 bits per heavy atom. The summed E-state index contributed by atoms with van der Waals surface area (Å²) in [5, 5.41) is 39.0. The number of hydrogen-bond acceptors (Lipinski definition) is 18. The Hall–Kier alpha value is -6.02. The quantitative estimate of drug-likeness (QED) is 0.144. The minimum absolute atomic E-state index is 0.345. The van der Waals surface area contributed by atoms with Crippen LogP contribution in [0.1, 0.15) is 203 Å². The van der Waals surface area contributed by atoms with Gasteiger partial charge in [0.25, 0.3) is 0 Å². The van der Waals surface area contributed by atoms with Crippen molar-refractivity contribution in [3.63, 3.8) is 0 Å². The molecule has 0 spiro atoms. The predicted octanol–water partition coefficient (Wildman–Crippen LogP) is 12.0. The van der Waals surface area contributed by atoms with Crippen LogP contribution in [-0.2, 0) is 0 Å². The zero-order valence-corrected chi connectivity index (χ0v) is 43.2. The maximum absolute atomic E-state index is 4.98. The van der Waals surface area contributed by atoms with Crippen LogP contribution in [-0.4, -0.2) is 81.1 Å². The Balaban J connectivity index is 0.000000377. The van der Waals surface area contributed by atoms with Crippen LogP contribution < -0.4 is 0 Å². The number of H-pyrrole nitrogens is 2. The average Bonchev–Trinajstić information content (AvgIpc) is 4.17. The van der Waals surface area contributed by atoms with Gasteiger partial charge < -0.3 is 8.83 Å². The SMILES string of the molecule is CC(C)c1ccccn1.CC(C)c1ncccn1.CC(C)c1ncco1.CC(C)c1nccs1.CC(C)c1ncn[nH]1.CC(C)c1nn[nH]n1.CC(C)c1nnco1.CC(C)c1nncs1. The molecule has 0 fully saturated rings. The van der Waals surface area contributed by atoms with E-state index >= 15 is 0 Å². The van der Waals surface area contributed by atoms with Crippen molar-refractivity contribution in [2.45, 2.75) is 158 Å². The molecule has 2 N–H and O–H groups in total. The third-order valence-electron chi connectivity index (χ3n) is 7.87. The van der Waals surface area contributed by atoms with Crippen molar-refractivity contribution in [3.05, 3.63) is 130 Å². The largest absolute Gasteiger partial charge is 0.449 e. The molecule has 0 aliphatic rings. The lowest BCUT2D eigenvalue weighted by Gasteiger charge is -2.00. The first kappa shape index (κ1) is 58.0. The molecular weight excluding hydrogens is 873 g/mol. The van der Waals surface area contributed by atoms with E-state index < -0.39 is 0 Å². The number of hydrogen-bond donors (Lipinski definition) is 2. The summed E-state index contributed by atoms with van der Waals surface area (Å²) >= 11 is 3.33. The second-order valence-corrected chi connectivity index (χ2v) is 18.3. The van der Waals surface area contributed by atoms with Crippen LogP contribution in [0.3, 0.4) is 0 Å². The van der Waals surface area contributed by atoms with E-state index in [2.05, 4.69) is 150 Å². The standard InChI is InChI=1S/C8H11N.C7H10N2.C6H9NO.C6H9NS.C5H9N3.C5H8N2O.C5H8N2S.C4H8N4/c1-7(2)8-5-3-4-6-9-8;1-6(2)7-8-4-3-5-9-7;2*1-5(2)6-7-3-4-8-6;1-4(2)5-6-3-7-8-5;2*1-4(2)5-7-6-3-8-5;1-3(2)4-5-7-8-6-4/h3-7H,1-2H3;3-6H,1-2H3;2*3-5H,1-2H3;3-4H,1-2H3,(H,6,7,8);2*3-4H,1-2H3;3H,1-2H3,(H,5,6,7,8). The van der Waals surface area contributed by atoms with Gasteiger partial charge in [0.2, 0.25) is 12.3 Å². The van der Waals surface area contributed by atoms with Crippen molar-refractivity contribution in [3.8, 4) is 0 Å². The van der Waals surface area contributed by atoms with Crippen molar-refractivity contribution < 1.29 is 8.83 Å². The number of pyridine rings is 1. The second kappa shape index (κ2) is 34.3. The van der Waals surface area contributed by atoms with Crippen molar-refractivity contribution in [1.82, 2.24) is 81.1 Å². The molecule has 0 aliphatic heterocycles. The van der Waals surface area contributed by atoms with Crippen LogP contribution in [0.5, 0.6) is 0 Å². The number of tetrazole rings is 1. The molecule has 0 radical (unpaired) electrons. The molecule has 0 unspecified atom stereocenters. The average molecular weight is 945 g/mol. The lowest BCUT2D eigenvalue weighted by atomic mass is 10.1. The van der Waals surface area contributed by atoms with Crippen LogP contribution in [0.25, 0.3) is 0 Å². The molecule has 0 saturated carbocycles. The zero-order chi connectivity index (χ0) is 49.3. The summed E-state index contributed by atoms with van der Waals surface area (Å²) in [6.07, 6.45) is 13.3. The Labute approximate surface area is 399 Å². The molecule has 18 nitrogen and oxygen atoms in total. The minimum Gasteiger partial charge on any atom is -0.449 e. The fourth-order valence-corrected chi connectivity index (χ4v) is 5.36. The van der Waals surface area contributed by atoms with Gasteiger partial charge in [0.1, 0.15) is 34.8 Å². The van der Waals surface area contributed by atoms with Gasteiger partial charge in [0.05, 0.1) is 11.2 Å². The normalized spacial score (nSPS) is 10.3. The first-order valence-corrected chi connectivity index (χ1v) is 23.8. The van der Waals surface area contributed by atoms with Gasteiger partial charge in [-0.2, -0.15) is 10.3 Å². The van der Waals surface area contributed by atoms with E-state index in [1.807, 2.05) is 83.6 Å². The number of aromatic amines is 2. The summed E-state index contributed by atoms with van der Waals surface area (Å²) < 4.78 is 9.86. The maximum Gasteiger partial charge on any atom is 0.218 e.